The Morgan fingerprint density at radius 3 is 2.94 bits per heavy atom. The molecular weight excluding hydrogens is 236 g/mol. The van der Waals surface area contributed by atoms with Crippen molar-refractivity contribution in [3.63, 3.8) is 0 Å². The van der Waals surface area contributed by atoms with E-state index >= 15 is 0 Å². The Morgan fingerprint density at radius 1 is 1.59 bits per heavy atom. The van der Waals surface area contributed by atoms with Gasteiger partial charge >= 0.3 is 0 Å². The average Bonchev–Trinajstić information content (AvgIpc) is 2.38. The number of hydrazine groups is 1. The number of thiol groups is 1. The number of methoxy groups -OCH3 is 1. The van der Waals surface area contributed by atoms with E-state index < -0.39 is 0 Å². The van der Waals surface area contributed by atoms with Crippen molar-refractivity contribution in [1.29, 1.82) is 0 Å². The molecule has 1 rings (SSSR count). The number of nitrogen functional groups attached to an aromatic ring is 1. The minimum atomic E-state index is -0.390. The highest BCUT2D eigenvalue weighted by molar-refractivity contribution is 7.80. The lowest BCUT2D eigenvalue weighted by atomic mass is 10.1. The second-order valence-corrected chi connectivity index (χ2v) is 3.61. The first kappa shape index (κ1) is 13.4. The van der Waals surface area contributed by atoms with Gasteiger partial charge in [-0.1, -0.05) is 11.8 Å². The SMILES string of the molecule is COc1ccc(C#CCCS)c(C(=O)NN)c1. The highest BCUT2D eigenvalue weighted by atomic mass is 32.1. The molecule has 0 bridgehead atoms. The third-order valence-corrected chi connectivity index (χ3v) is 2.29. The highest BCUT2D eigenvalue weighted by Gasteiger charge is 2.10. The van der Waals surface area contributed by atoms with E-state index in [2.05, 4.69) is 29.9 Å². The fourth-order valence-corrected chi connectivity index (χ4v) is 1.35. The molecule has 0 fully saturated rings. The molecule has 1 aromatic rings. The topological polar surface area (TPSA) is 64.3 Å². The van der Waals surface area contributed by atoms with Crippen LogP contribution in [0.25, 0.3) is 0 Å². The smallest absolute Gasteiger partial charge is 0.266 e. The molecule has 0 aliphatic rings. The third kappa shape index (κ3) is 3.70. The van der Waals surface area contributed by atoms with Gasteiger partial charge in [0.2, 0.25) is 0 Å². The second-order valence-electron chi connectivity index (χ2n) is 3.16. The fraction of sp³-hybridized carbons (Fsp3) is 0.250. The van der Waals surface area contributed by atoms with Gasteiger partial charge in [0.05, 0.1) is 12.7 Å². The van der Waals surface area contributed by atoms with Crippen molar-refractivity contribution in [1.82, 2.24) is 5.43 Å². The maximum Gasteiger partial charge on any atom is 0.266 e. The number of amides is 1. The largest absolute Gasteiger partial charge is 0.497 e. The monoisotopic (exact) mass is 250 g/mol. The van der Waals surface area contributed by atoms with Gasteiger partial charge in [-0.05, 0) is 18.2 Å². The van der Waals surface area contributed by atoms with Crippen LogP contribution in [0.2, 0.25) is 0 Å². The molecule has 0 saturated carbocycles. The van der Waals surface area contributed by atoms with E-state index in [0.717, 1.165) is 0 Å². The van der Waals surface area contributed by atoms with Crippen LogP contribution in [0.15, 0.2) is 18.2 Å². The van der Waals surface area contributed by atoms with Crippen LogP contribution in [0.4, 0.5) is 0 Å². The van der Waals surface area contributed by atoms with E-state index in [9.17, 15) is 4.79 Å². The summed E-state index contributed by atoms with van der Waals surface area (Å²) >= 11 is 4.06. The molecule has 0 unspecified atom stereocenters. The van der Waals surface area contributed by atoms with E-state index in [1.165, 1.54) is 7.11 Å². The van der Waals surface area contributed by atoms with Crippen LogP contribution in [0.5, 0.6) is 5.75 Å². The van der Waals surface area contributed by atoms with Crippen molar-refractivity contribution < 1.29 is 9.53 Å². The molecule has 3 N–H and O–H groups in total. The minimum Gasteiger partial charge on any atom is -0.497 e. The predicted octanol–water partition coefficient (Wildman–Crippen LogP) is 0.970. The van der Waals surface area contributed by atoms with Gasteiger partial charge in [0, 0.05) is 17.7 Å². The van der Waals surface area contributed by atoms with Crippen molar-refractivity contribution >= 4 is 18.5 Å². The zero-order chi connectivity index (χ0) is 12.7. The van der Waals surface area contributed by atoms with Gasteiger partial charge < -0.3 is 4.74 Å². The zero-order valence-corrected chi connectivity index (χ0v) is 10.4. The first-order valence-corrected chi connectivity index (χ1v) is 5.65. The molecule has 90 valence electrons. The maximum absolute atomic E-state index is 11.6. The summed E-state index contributed by atoms with van der Waals surface area (Å²) in [6, 6.07) is 5.08. The van der Waals surface area contributed by atoms with Gasteiger partial charge in [-0.3, -0.25) is 10.2 Å². The van der Waals surface area contributed by atoms with Gasteiger partial charge in [0.1, 0.15) is 5.75 Å². The predicted molar refractivity (Wildman–Crippen MR) is 70.0 cm³/mol. The van der Waals surface area contributed by atoms with Crippen molar-refractivity contribution in [3.05, 3.63) is 29.3 Å². The molecule has 0 radical (unpaired) electrons. The quantitative estimate of drug-likeness (QED) is 0.246. The number of hydrogen-bond donors (Lipinski definition) is 3. The lowest BCUT2D eigenvalue weighted by molar-refractivity contribution is 0.0953. The summed E-state index contributed by atoms with van der Waals surface area (Å²) in [5.74, 6) is 11.8. The van der Waals surface area contributed by atoms with Crippen LogP contribution >= 0.6 is 12.6 Å². The summed E-state index contributed by atoms with van der Waals surface area (Å²) < 4.78 is 5.05. The zero-order valence-electron chi connectivity index (χ0n) is 9.49. The lowest BCUT2D eigenvalue weighted by Gasteiger charge is -2.05. The van der Waals surface area contributed by atoms with E-state index in [0.29, 0.717) is 29.1 Å². The van der Waals surface area contributed by atoms with Crippen LogP contribution in [-0.4, -0.2) is 18.8 Å². The van der Waals surface area contributed by atoms with Crippen LogP contribution in [0.3, 0.4) is 0 Å². The lowest BCUT2D eigenvalue weighted by Crippen LogP contribution is -2.30. The maximum atomic E-state index is 11.6. The Morgan fingerprint density at radius 2 is 2.35 bits per heavy atom. The summed E-state index contributed by atoms with van der Waals surface area (Å²) in [6.45, 7) is 0. The van der Waals surface area contributed by atoms with Gasteiger partial charge in [0.25, 0.3) is 5.91 Å². The Balaban J connectivity index is 3.12. The van der Waals surface area contributed by atoms with Crippen LogP contribution in [-0.2, 0) is 0 Å². The number of carbonyl (C=O) groups excluding carboxylic acids is 1. The van der Waals surface area contributed by atoms with Crippen molar-refractivity contribution in [2.75, 3.05) is 12.9 Å². The number of rotatable bonds is 3. The molecule has 5 heteroatoms. The van der Waals surface area contributed by atoms with E-state index in [-0.39, 0.29) is 5.91 Å². The van der Waals surface area contributed by atoms with Crippen LogP contribution < -0.4 is 16.0 Å². The summed E-state index contributed by atoms with van der Waals surface area (Å²) in [7, 11) is 1.53. The van der Waals surface area contributed by atoms with Gasteiger partial charge in [-0.15, -0.1) is 0 Å². The molecule has 0 saturated heterocycles. The van der Waals surface area contributed by atoms with Crippen LogP contribution in [0, 0.1) is 11.8 Å². The Kier molecular flexibility index (Phi) is 5.40. The molecule has 4 nitrogen and oxygen atoms in total. The number of hydrogen-bond acceptors (Lipinski definition) is 4. The Hall–Kier alpha value is -1.64. The fourth-order valence-electron chi connectivity index (χ4n) is 1.24. The third-order valence-electron chi connectivity index (χ3n) is 2.06. The number of nitrogens with one attached hydrogen (secondary N) is 1. The number of ether oxygens (including phenoxy) is 1. The molecule has 1 amide bonds. The molecule has 0 aromatic heterocycles. The summed E-state index contributed by atoms with van der Waals surface area (Å²) in [5.41, 5.74) is 3.11. The average molecular weight is 250 g/mol. The summed E-state index contributed by atoms with van der Waals surface area (Å²) in [4.78, 5) is 11.6. The molecule has 0 heterocycles. The van der Waals surface area contributed by atoms with Crippen molar-refractivity contribution in [2.24, 2.45) is 5.84 Å². The van der Waals surface area contributed by atoms with Crippen molar-refractivity contribution in [3.8, 4) is 17.6 Å². The molecular formula is C12H14N2O2S. The van der Waals surface area contributed by atoms with Gasteiger partial charge in [-0.25, -0.2) is 5.84 Å². The van der Waals surface area contributed by atoms with E-state index in [1.54, 1.807) is 18.2 Å². The molecule has 17 heavy (non-hydrogen) atoms. The molecule has 0 spiro atoms. The Bertz CT molecular complexity index is 463. The first-order chi connectivity index (χ1) is 8.22. The number of benzene rings is 1. The number of carbonyl (C=O) groups is 1. The minimum absolute atomic E-state index is 0.390. The molecule has 0 atom stereocenters. The first-order valence-electron chi connectivity index (χ1n) is 5.01. The highest BCUT2D eigenvalue weighted by Crippen LogP contribution is 2.17. The molecule has 0 aliphatic heterocycles. The van der Waals surface area contributed by atoms with Gasteiger partial charge in [-0.2, -0.15) is 12.6 Å². The normalized spacial score (nSPS) is 9.12. The number of nitrogens with two attached hydrogens (primary N) is 1. The molecule has 1 aromatic carbocycles. The standard InChI is InChI=1S/C12H14N2O2S/c1-16-10-6-5-9(4-2-3-7-17)11(8-10)12(15)14-13/h5-6,8,17H,3,7,13H2,1H3,(H,14,15). The summed E-state index contributed by atoms with van der Waals surface area (Å²) in [5, 5.41) is 0. The van der Waals surface area contributed by atoms with E-state index in [4.69, 9.17) is 10.6 Å². The van der Waals surface area contributed by atoms with Gasteiger partial charge in [0.15, 0.2) is 0 Å². The second kappa shape index (κ2) is 6.84. The van der Waals surface area contributed by atoms with Crippen molar-refractivity contribution in [2.45, 2.75) is 6.42 Å². The van der Waals surface area contributed by atoms with E-state index in [1.807, 2.05) is 0 Å². The Labute approximate surface area is 106 Å². The molecule has 0 aliphatic carbocycles. The summed E-state index contributed by atoms with van der Waals surface area (Å²) in [6.07, 6.45) is 0.666. The van der Waals surface area contributed by atoms with Crippen LogP contribution in [0.1, 0.15) is 22.3 Å².